The molecule has 0 bridgehead atoms. The first-order valence-corrected chi connectivity index (χ1v) is 4.82. The Morgan fingerprint density at radius 3 is 2.86 bits per heavy atom. The van der Waals surface area contributed by atoms with Gasteiger partial charge in [0.2, 0.25) is 0 Å². The summed E-state index contributed by atoms with van der Waals surface area (Å²) in [5.41, 5.74) is 1.48. The van der Waals surface area contributed by atoms with Crippen LogP contribution >= 0.6 is 15.9 Å². The number of terminal acetylenes is 1. The van der Waals surface area contributed by atoms with Gasteiger partial charge in [-0.25, -0.2) is 0 Å². The Labute approximate surface area is 92.3 Å². The van der Waals surface area contributed by atoms with Gasteiger partial charge in [0.05, 0.1) is 17.8 Å². The van der Waals surface area contributed by atoms with Crippen LogP contribution in [-0.4, -0.2) is 13.6 Å². The second kappa shape index (κ2) is 4.69. The first-order chi connectivity index (χ1) is 6.69. The summed E-state index contributed by atoms with van der Waals surface area (Å²) < 4.78 is 0.940. The predicted molar refractivity (Wildman–Crippen MR) is 61.0 cm³/mol. The standard InChI is InChI=1S/C11H9BrN2/c1-3-6-14(2)11-7-10(12)5-4-9(11)8-13/h1,4-5,7H,6H2,2H3. The van der Waals surface area contributed by atoms with Crippen LogP contribution in [0.5, 0.6) is 0 Å². The van der Waals surface area contributed by atoms with E-state index in [4.69, 9.17) is 11.7 Å². The van der Waals surface area contributed by atoms with E-state index in [0.29, 0.717) is 12.1 Å². The van der Waals surface area contributed by atoms with Crippen LogP contribution < -0.4 is 4.90 Å². The van der Waals surface area contributed by atoms with Crippen LogP contribution in [0.15, 0.2) is 22.7 Å². The van der Waals surface area contributed by atoms with Gasteiger partial charge in [-0.15, -0.1) is 6.42 Å². The Morgan fingerprint density at radius 1 is 1.57 bits per heavy atom. The fourth-order valence-corrected chi connectivity index (χ4v) is 1.49. The molecule has 0 aliphatic rings. The summed E-state index contributed by atoms with van der Waals surface area (Å²) >= 11 is 3.36. The molecule has 14 heavy (non-hydrogen) atoms. The normalized spacial score (nSPS) is 8.86. The SMILES string of the molecule is C#CCN(C)c1cc(Br)ccc1C#N. The van der Waals surface area contributed by atoms with E-state index in [9.17, 15) is 0 Å². The summed E-state index contributed by atoms with van der Waals surface area (Å²) in [6.07, 6.45) is 5.21. The Morgan fingerprint density at radius 2 is 2.29 bits per heavy atom. The Hall–Kier alpha value is -1.45. The van der Waals surface area contributed by atoms with Crippen molar-refractivity contribution in [3.8, 4) is 18.4 Å². The van der Waals surface area contributed by atoms with Crippen molar-refractivity contribution in [2.45, 2.75) is 0 Å². The van der Waals surface area contributed by atoms with Crippen molar-refractivity contribution in [2.75, 3.05) is 18.5 Å². The van der Waals surface area contributed by atoms with Crippen LogP contribution in [0, 0.1) is 23.7 Å². The molecule has 0 aromatic heterocycles. The molecule has 0 radical (unpaired) electrons. The quantitative estimate of drug-likeness (QED) is 0.752. The molecule has 1 aromatic rings. The van der Waals surface area contributed by atoms with Gasteiger partial charge < -0.3 is 4.90 Å². The van der Waals surface area contributed by atoms with Gasteiger partial charge in [0.25, 0.3) is 0 Å². The molecule has 0 aliphatic heterocycles. The molecule has 0 spiro atoms. The van der Waals surface area contributed by atoms with Gasteiger partial charge in [0, 0.05) is 11.5 Å². The fraction of sp³-hybridized carbons (Fsp3) is 0.182. The minimum absolute atomic E-state index is 0.491. The van der Waals surface area contributed by atoms with E-state index < -0.39 is 0 Å². The fourth-order valence-electron chi connectivity index (χ4n) is 1.14. The van der Waals surface area contributed by atoms with Crippen molar-refractivity contribution >= 4 is 21.6 Å². The molecule has 1 aromatic carbocycles. The van der Waals surface area contributed by atoms with Crippen molar-refractivity contribution in [3.63, 3.8) is 0 Å². The third kappa shape index (κ3) is 2.28. The topological polar surface area (TPSA) is 27.0 Å². The van der Waals surface area contributed by atoms with Crippen LogP contribution in [0.4, 0.5) is 5.69 Å². The molecule has 70 valence electrons. The minimum Gasteiger partial charge on any atom is -0.362 e. The van der Waals surface area contributed by atoms with Crippen molar-refractivity contribution in [3.05, 3.63) is 28.2 Å². The molecule has 2 nitrogen and oxygen atoms in total. The third-order valence-electron chi connectivity index (χ3n) is 1.82. The lowest BCUT2D eigenvalue weighted by atomic mass is 10.2. The number of nitriles is 1. The number of benzene rings is 1. The Balaban J connectivity index is 3.13. The zero-order valence-electron chi connectivity index (χ0n) is 7.79. The van der Waals surface area contributed by atoms with E-state index in [1.807, 2.05) is 24.1 Å². The molecular formula is C11H9BrN2. The van der Waals surface area contributed by atoms with E-state index in [1.165, 1.54) is 0 Å². The highest BCUT2D eigenvalue weighted by Crippen LogP contribution is 2.23. The smallest absolute Gasteiger partial charge is 0.101 e. The summed E-state index contributed by atoms with van der Waals surface area (Å²) in [6.45, 7) is 0.491. The molecule has 0 amide bonds. The molecular weight excluding hydrogens is 240 g/mol. The highest BCUT2D eigenvalue weighted by molar-refractivity contribution is 9.10. The first-order valence-electron chi connectivity index (χ1n) is 4.03. The second-order valence-electron chi connectivity index (χ2n) is 2.83. The number of hydrogen-bond donors (Lipinski definition) is 0. The maximum Gasteiger partial charge on any atom is 0.101 e. The van der Waals surface area contributed by atoms with Gasteiger partial charge in [0.15, 0.2) is 0 Å². The molecule has 0 heterocycles. The molecule has 0 unspecified atom stereocenters. The number of hydrogen-bond acceptors (Lipinski definition) is 2. The van der Waals surface area contributed by atoms with Crippen LogP contribution in [0.3, 0.4) is 0 Å². The Kier molecular flexibility index (Phi) is 3.56. The predicted octanol–water partition coefficient (Wildman–Crippen LogP) is 2.39. The third-order valence-corrected chi connectivity index (χ3v) is 2.31. The van der Waals surface area contributed by atoms with Crippen LogP contribution in [0.25, 0.3) is 0 Å². The monoisotopic (exact) mass is 248 g/mol. The lowest BCUT2D eigenvalue weighted by Crippen LogP contribution is -2.18. The summed E-state index contributed by atoms with van der Waals surface area (Å²) in [7, 11) is 1.86. The van der Waals surface area contributed by atoms with E-state index in [0.717, 1.165) is 10.2 Å². The summed E-state index contributed by atoms with van der Waals surface area (Å²) in [5.74, 6) is 2.54. The number of halogens is 1. The number of nitrogens with zero attached hydrogens (tertiary/aromatic N) is 2. The molecule has 3 heteroatoms. The van der Waals surface area contributed by atoms with Crippen molar-refractivity contribution in [1.29, 1.82) is 5.26 Å². The van der Waals surface area contributed by atoms with Crippen molar-refractivity contribution in [1.82, 2.24) is 0 Å². The van der Waals surface area contributed by atoms with Crippen LogP contribution in [-0.2, 0) is 0 Å². The largest absolute Gasteiger partial charge is 0.362 e. The first kappa shape index (κ1) is 10.6. The molecule has 0 saturated heterocycles. The van der Waals surface area contributed by atoms with E-state index in [2.05, 4.69) is 27.9 Å². The molecule has 0 atom stereocenters. The van der Waals surface area contributed by atoms with E-state index >= 15 is 0 Å². The van der Waals surface area contributed by atoms with Crippen molar-refractivity contribution < 1.29 is 0 Å². The molecule has 0 saturated carbocycles. The Bertz CT molecular complexity index is 412. The summed E-state index contributed by atoms with van der Waals surface area (Å²) in [4.78, 5) is 1.86. The lowest BCUT2D eigenvalue weighted by Gasteiger charge is -2.17. The van der Waals surface area contributed by atoms with Crippen molar-refractivity contribution in [2.24, 2.45) is 0 Å². The van der Waals surface area contributed by atoms with Gasteiger partial charge in [0.1, 0.15) is 6.07 Å². The minimum atomic E-state index is 0.491. The molecule has 0 N–H and O–H groups in total. The highest BCUT2D eigenvalue weighted by atomic mass is 79.9. The number of rotatable bonds is 2. The van der Waals surface area contributed by atoms with Gasteiger partial charge in [-0.05, 0) is 18.2 Å². The lowest BCUT2D eigenvalue weighted by molar-refractivity contribution is 1.05. The molecule has 0 aliphatic carbocycles. The van der Waals surface area contributed by atoms with E-state index in [1.54, 1.807) is 6.07 Å². The maximum atomic E-state index is 8.88. The summed E-state index contributed by atoms with van der Waals surface area (Å²) in [6, 6.07) is 7.63. The number of anilines is 1. The summed E-state index contributed by atoms with van der Waals surface area (Å²) in [5, 5.41) is 8.88. The average Bonchev–Trinajstić information content (AvgIpc) is 2.18. The van der Waals surface area contributed by atoms with E-state index in [-0.39, 0.29) is 0 Å². The maximum absolute atomic E-state index is 8.88. The highest BCUT2D eigenvalue weighted by Gasteiger charge is 2.06. The van der Waals surface area contributed by atoms with Gasteiger partial charge in [-0.1, -0.05) is 21.9 Å². The van der Waals surface area contributed by atoms with Crippen LogP contribution in [0.2, 0.25) is 0 Å². The molecule has 0 fully saturated rings. The van der Waals surface area contributed by atoms with Crippen LogP contribution in [0.1, 0.15) is 5.56 Å². The zero-order chi connectivity index (χ0) is 10.6. The zero-order valence-corrected chi connectivity index (χ0v) is 9.37. The van der Waals surface area contributed by atoms with Gasteiger partial charge in [-0.3, -0.25) is 0 Å². The van der Waals surface area contributed by atoms with Gasteiger partial charge in [-0.2, -0.15) is 5.26 Å². The molecule has 1 rings (SSSR count). The average molecular weight is 249 g/mol. The second-order valence-corrected chi connectivity index (χ2v) is 3.75. The van der Waals surface area contributed by atoms with Gasteiger partial charge >= 0.3 is 0 Å².